The summed E-state index contributed by atoms with van der Waals surface area (Å²) in [6.45, 7) is 2.21. The molecule has 5 unspecified atom stereocenters. The van der Waals surface area contributed by atoms with Crippen molar-refractivity contribution >= 4 is 46.1 Å². The predicted molar refractivity (Wildman–Crippen MR) is 155 cm³/mol. The molecule has 1 saturated heterocycles. The molecule has 5 atom stereocenters. The number of nitrogens with zero attached hydrogens (tertiary/aromatic N) is 1. The molecule has 6 aliphatic rings. The van der Waals surface area contributed by atoms with E-state index in [4.69, 9.17) is 16.6 Å². The van der Waals surface area contributed by atoms with Crippen molar-refractivity contribution in [3.63, 3.8) is 0 Å². The Hall–Kier alpha value is -2.18. The van der Waals surface area contributed by atoms with E-state index in [0.29, 0.717) is 32.1 Å². The van der Waals surface area contributed by atoms with Gasteiger partial charge in [0.05, 0.1) is 10.8 Å². The monoisotopic (exact) mass is 545 g/mol. The van der Waals surface area contributed by atoms with Gasteiger partial charge in [-0.1, -0.05) is 55.9 Å². The van der Waals surface area contributed by atoms with Gasteiger partial charge in [-0.2, -0.15) is 0 Å². The highest BCUT2D eigenvalue weighted by Gasteiger charge is 2.69. The summed E-state index contributed by atoms with van der Waals surface area (Å²) in [7, 11) is 0. The number of benzene rings is 1. The van der Waals surface area contributed by atoms with E-state index in [-0.39, 0.29) is 23.7 Å². The van der Waals surface area contributed by atoms with Crippen molar-refractivity contribution < 1.29 is 14.0 Å². The van der Waals surface area contributed by atoms with Gasteiger partial charge in [0.2, 0.25) is 0 Å². The Morgan fingerprint density at radius 2 is 2.05 bits per heavy atom. The Morgan fingerprint density at radius 1 is 1.16 bits per heavy atom. The number of thiocarbonyl (C=S) groups is 1. The minimum Gasteiger partial charge on any atom is -0.461 e. The van der Waals surface area contributed by atoms with Crippen LogP contribution in [0.1, 0.15) is 104 Å². The number of carbonyl (C=O) groups is 2. The number of amides is 1. The number of hydrogen-bond donors (Lipinski definition) is 0. The number of hydrogen-bond acceptors (Lipinski definition) is 5. The highest BCUT2D eigenvalue weighted by Crippen LogP contribution is 2.74. The molecule has 38 heavy (non-hydrogen) atoms. The maximum Gasteiger partial charge on any atom is 0.266 e. The third kappa shape index (κ3) is 3.89. The van der Waals surface area contributed by atoms with Gasteiger partial charge >= 0.3 is 0 Å². The van der Waals surface area contributed by atoms with Crippen molar-refractivity contribution in [1.29, 1.82) is 0 Å². The van der Waals surface area contributed by atoms with Crippen LogP contribution in [-0.2, 0) is 17.6 Å². The van der Waals surface area contributed by atoms with E-state index in [1.165, 1.54) is 49.4 Å². The maximum atomic E-state index is 13.7. The molecule has 1 amide bonds. The van der Waals surface area contributed by atoms with Crippen LogP contribution < -0.4 is 0 Å². The largest absolute Gasteiger partial charge is 0.461 e. The summed E-state index contributed by atoms with van der Waals surface area (Å²) in [6.07, 6.45) is 14.1. The number of furan rings is 1. The highest BCUT2D eigenvalue weighted by molar-refractivity contribution is 8.26. The second kappa shape index (κ2) is 9.48. The molecule has 2 aromatic rings. The van der Waals surface area contributed by atoms with Crippen molar-refractivity contribution in [2.45, 2.75) is 89.5 Å². The maximum absolute atomic E-state index is 13.7. The molecule has 1 aliphatic heterocycles. The molecule has 1 spiro atoms. The number of aryl methyl sites for hydroxylation is 2. The normalized spacial score (nSPS) is 32.7. The summed E-state index contributed by atoms with van der Waals surface area (Å²) in [4.78, 5) is 29.7. The Morgan fingerprint density at radius 3 is 2.79 bits per heavy atom. The van der Waals surface area contributed by atoms with Crippen LogP contribution >= 0.6 is 24.0 Å². The number of thioether (sulfide) groups is 1. The van der Waals surface area contributed by atoms with E-state index >= 15 is 0 Å². The zero-order chi connectivity index (χ0) is 26.0. The number of unbranched alkanes of at least 4 members (excludes halogenated alkanes) is 2. The van der Waals surface area contributed by atoms with Gasteiger partial charge in [-0.3, -0.25) is 14.5 Å². The Bertz CT molecular complexity index is 1360. The lowest BCUT2D eigenvalue weighted by molar-refractivity contribution is -0.125. The van der Waals surface area contributed by atoms with Gasteiger partial charge in [0.25, 0.3) is 5.91 Å². The molecule has 6 heteroatoms. The third-order valence-corrected chi connectivity index (χ3v) is 11.5. The molecule has 1 aromatic carbocycles. The molecule has 2 heterocycles. The van der Waals surface area contributed by atoms with Gasteiger partial charge in [0, 0.05) is 17.7 Å². The Labute approximate surface area is 234 Å². The van der Waals surface area contributed by atoms with Crippen LogP contribution in [0.3, 0.4) is 0 Å². The van der Waals surface area contributed by atoms with E-state index in [1.54, 1.807) is 0 Å². The smallest absolute Gasteiger partial charge is 0.266 e. The van der Waals surface area contributed by atoms with E-state index in [2.05, 4.69) is 25.1 Å². The Balaban J connectivity index is 1.08. The lowest BCUT2D eigenvalue weighted by Crippen LogP contribution is -2.50. The lowest BCUT2D eigenvalue weighted by Gasteiger charge is -2.57. The van der Waals surface area contributed by atoms with Crippen molar-refractivity contribution in [3.8, 4) is 0 Å². The standard InChI is InChI=1S/C32H35NO3S2/c1-2-3-4-6-19-9-10-20-7-5-8-22(29(34)23(20)15-19)27-12-11-21(36-27)16-28-30(35)33(31(37)38-28)26-18-32-14-13-25(32)24(26)17-32/h9-12,15-16,22,24-26H,2-8,13-14,17-18H2,1H3/b28-16-. The van der Waals surface area contributed by atoms with Crippen molar-refractivity contribution in [2.24, 2.45) is 17.3 Å². The zero-order valence-corrected chi connectivity index (χ0v) is 23.7. The fourth-order valence-electron chi connectivity index (χ4n) is 8.10. The van der Waals surface area contributed by atoms with Crippen LogP contribution in [0.15, 0.2) is 39.7 Å². The van der Waals surface area contributed by atoms with Crippen LogP contribution in [0.25, 0.3) is 6.08 Å². The average molecular weight is 546 g/mol. The van der Waals surface area contributed by atoms with Gasteiger partial charge in [-0.15, -0.1) is 0 Å². The summed E-state index contributed by atoms with van der Waals surface area (Å²) in [5.41, 5.74) is 3.80. The van der Waals surface area contributed by atoms with Gasteiger partial charge < -0.3 is 4.42 Å². The number of Topliss-reactive ketones (excluding diaryl/α,β-unsaturated/α-hetero) is 1. The molecule has 5 fully saturated rings. The van der Waals surface area contributed by atoms with Gasteiger partial charge in [-0.05, 0) is 104 Å². The number of rotatable bonds is 7. The fraction of sp³-hybridized carbons (Fsp3) is 0.531. The van der Waals surface area contributed by atoms with Crippen molar-refractivity contribution in [3.05, 3.63) is 63.4 Å². The van der Waals surface area contributed by atoms with E-state index < -0.39 is 0 Å². The second-order valence-electron chi connectivity index (χ2n) is 12.2. The molecule has 4 saturated carbocycles. The lowest BCUT2D eigenvalue weighted by atomic mass is 9.48. The first-order chi connectivity index (χ1) is 18.5. The molecule has 4 nitrogen and oxygen atoms in total. The van der Waals surface area contributed by atoms with Crippen LogP contribution in [-0.4, -0.2) is 27.0 Å². The van der Waals surface area contributed by atoms with Crippen LogP contribution in [0.2, 0.25) is 0 Å². The van der Waals surface area contributed by atoms with Gasteiger partial charge in [0.15, 0.2) is 5.78 Å². The molecule has 0 N–H and O–H groups in total. The van der Waals surface area contributed by atoms with Crippen molar-refractivity contribution in [1.82, 2.24) is 4.90 Å². The van der Waals surface area contributed by atoms with Crippen LogP contribution in [0.4, 0.5) is 0 Å². The zero-order valence-electron chi connectivity index (χ0n) is 22.0. The quantitative estimate of drug-likeness (QED) is 0.154. The SMILES string of the molecule is CCCCCc1ccc2c(c1)C(=O)C(c1ccc(/C=C3\SC(=S)N(C4CC56CCC5C4C6)C3=O)o1)CCC2. The topological polar surface area (TPSA) is 50.5 Å². The fourth-order valence-corrected chi connectivity index (χ4v) is 9.46. The molecule has 5 aliphatic carbocycles. The highest BCUT2D eigenvalue weighted by atomic mass is 32.2. The minimum atomic E-state index is -0.279. The third-order valence-electron chi connectivity index (χ3n) is 10.2. The van der Waals surface area contributed by atoms with Gasteiger partial charge in [0.1, 0.15) is 15.8 Å². The summed E-state index contributed by atoms with van der Waals surface area (Å²) >= 11 is 7.08. The number of fused-ring (bicyclic) bond motifs is 2. The summed E-state index contributed by atoms with van der Waals surface area (Å²) in [5.74, 6) is 2.70. The van der Waals surface area contributed by atoms with E-state index in [1.807, 2.05) is 23.1 Å². The summed E-state index contributed by atoms with van der Waals surface area (Å²) in [5, 5.41) is 0. The first kappa shape index (κ1) is 24.8. The van der Waals surface area contributed by atoms with Crippen molar-refractivity contribution in [2.75, 3.05) is 0 Å². The van der Waals surface area contributed by atoms with Gasteiger partial charge in [-0.25, -0.2) is 0 Å². The second-order valence-corrected chi connectivity index (χ2v) is 13.9. The summed E-state index contributed by atoms with van der Waals surface area (Å²) in [6, 6.07) is 10.6. The molecule has 1 aromatic heterocycles. The molecule has 198 valence electrons. The van der Waals surface area contributed by atoms with E-state index in [0.717, 1.165) is 55.6 Å². The molecule has 8 rings (SSSR count). The van der Waals surface area contributed by atoms with E-state index in [9.17, 15) is 9.59 Å². The molecule has 2 bridgehead atoms. The van der Waals surface area contributed by atoms with Crippen LogP contribution in [0.5, 0.6) is 0 Å². The number of carbonyl (C=O) groups excluding carboxylic acids is 2. The first-order valence-corrected chi connectivity index (χ1v) is 15.7. The predicted octanol–water partition coefficient (Wildman–Crippen LogP) is 7.70. The molecule has 0 radical (unpaired) electrons. The first-order valence-electron chi connectivity index (χ1n) is 14.5. The molecular formula is C32H35NO3S2. The minimum absolute atomic E-state index is 0.0290. The summed E-state index contributed by atoms with van der Waals surface area (Å²) < 4.78 is 6.91. The Kier molecular flexibility index (Phi) is 6.19. The molecular weight excluding hydrogens is 510 g/mol. The number of ketones is 1. The average Bonchev–Trinajstić information content (AvgIpc) is 3.60. The van der Waals surface area contributed by atoms with Crippen LogP contribution in [0, 0.1) is 17.3 Å².